The Morgan fingerprint density at radius 3 is 2.47 bits per heavy atom. The van der Waals surface area contributed by atoms with E-state index < -0.39 is 35.8 Å². The highest BCUT2D eigenvalue weighted by molar-refractivity contribution is 5.89. The lowest BCUT2D eigenvalue weighted by Gasteiger charge is -2.22. The Kier molecular flexibility index (Phi) is 6.02. The minimum Gasteiger partial charge on any atom is -0.392 e. The molecule has 0 bridgehead atoms. The number of benzene rings is 2. The number of nitrogens with zero attached hydrogens (tertiary/aromatic N) is 1. The first-order valence-corrected chi connectivity index (χ1v) is 11.4. The van der Waals surface area contributed by atoms with E-state index in [2.05, 4.69) is 25.9 Å². The molecular formula is C25H26FN5O3. The maximum absolute atomic E-state index is 13.2. The number of aliphatic hydroxyl groups excluding tert-OH is 1. The molecule has 2 aromatic carbocycles. The van der Waals surface area contributed by atoms with E-state index in [1.54, 1.807) is 6.20 Å². The largest absolute Gasteiger partial charge is 0.392 e. The minimum atomic E-state index is -1.00. The van der Waals surface area contributed by atoms with Gasteiger partial charge in [0.1, 0.15) is 11.6 Å². The van der Waals surface area contributed by atoms with E-state index >= 15 is 0 Å². The van der Waals surface area contributed by atoms with Crippen molar-refractivity contribution in [2.45, 2.75) is 43.4 Å². The van der Waals surface area contributed by atoms with Gasteiger partial charge in [0.15, 0.2) is 0 Å². The fourth-order valence-electron chi connectivity index (χ4n) is 4.51. The summed E-state index contributed by atoms with van der Waals surface area (Å²) in [6, 6.07) is 14.2. The van der Waals surface area contributed by atoms with E-state index in [1.807, 2.05) is 30.3 Å². The molecule has 2 aliphatic carbocycles. The van der Waals surface area contributed by atoms with Gasteiger partial charge in [-0.05, 0) is 43.5 Å². The molecule has 1 aromatic heterocycles. The van der Waals surface area contributed by atoms with Crippen LogP contribution in [0.3, 0.4) is 0 Å². The molecule has 2 aliphatic rings. The molecule has 5 N–H and O–H groups in total. The number of aromatic nitrogens is 2. The highest BCUT2D eigenvalue weighted by Crippen LogP contribution is 2.39. The quantitative estimate of drug-likeness (QED) is 0.386. The van der Waals surface area contributed by atoms with E-state index in [0.29, 0.717) is 17.2 Å². The van der Waals surface area contributed by atoms with E-state index in [4.69, 9.17) is 0 Å². The lowest BCUT2D eigenvalue weighted by atomic mass is 9.96. The molecule has 3 aromatic rings. The van der Waals surface area contributed by atoms with Gasteiger partial charge in [-0.3, -0.25) is 4.79 Å². The predicted octanol–water partition coefficient (Wildman–Crippen LogP) is 3.15. The Balaban J connectivity index is 1.36. The number of H-pyrrole nitrogens is 1. The second kappa shape index (κ2) is 9.26. The van der Waals surface area contributed by atoms with Crippen molar-refractivity contribution in [3.63, 3.8) is 0 Å². The third-order valence-corrected chi connectivity index (χ3v) is 6.40. The minimum absolute atomic E-state index is 0.170. The van der Waals surface area contributed by atoms with E-state index in [9.17, 15) is 19.1 Å². The van der Waals surface area contributed by atoms with Gasteiger partial charge in [-0.15, -0.1) is 0 Å². The summed E-state index contributed by atoms with van der Waals surface area (Å²) in [5.41, 5.74) is 1.97. The molecule has 3 amide bonds. The molecule has 2 saturated carbocycles. The van der Waals surface area contributed by atoms with Crippen LogP contribution >= 0.6 is 0 Å². The number of amides is 3. The van der Waals surface area contributed by atoms with Crippen molar-refractivity contribution in [1.82, 2.24) is 20.6 Å². The highest BCUT2D eigenvalue weighted by atomic mass is 19.1. The molecular weight excluding hydrogens is 437 g/mol. The molecule has 0 spiro atoms. The van der Waals surface area contributed by atoms with Gasteiger partial charge in [0, 0.05) is 41.1 Å². The number of nitrogens with one attached hydrogen (secondary N) is 4. The summed E-state index contributed by atoms with van der Waals surface area (Å²) in [4.78, 5) is 33.2. The van der Waals surface area contributed by atoms with Crippen LogP contribution in [0.1, 0.15) is 30.9 Å². The molecule has 5 rings (SSSR count). The summed E-state index contributed by atoms with van der Waals surface area (Å²) < 4.78 is 13.2. The van der Waals surface area contributed by atoms with Crippen LogP contribution in [0.4, 0.5) is 14.9 Å². The predicted molar refractivity (Wildman–Crippen MR) is 124 cm³/mol. The van der Waals surface area contributed by atoms with E-state index in [0.717, 1.165) is 18.4 Å². The number of halogens is 1. The Morgan fingerprint density at radius 1 is 1.03 bits per heavy atom. The maximum atomic E-state index is 13.2. The zero-order valence-electron chi connectivity index (χ0n) is 18.4. The Hall–Kier alpha value is -3.72. The lowest BCUT2D eigenvalue weighted by Crippen LogP contribution is -2.41. The summed E-state index contributed by atoms with van der Waals surface area (Å²) in [6.45, 7) is 0. The lowest BCUT2D eigenvalue weighted by molar-refractivity contribution is -0.127. The molecule has 0 saturated heterocycles. The third kappa shape index (κ3) is 4.79. The van der Waals surface area contributed by atoms with Gasteiger partial charge in [0.25, 0.3) is 0 Å². The normalized spacial score (nSPS) is 23.9. The van der Waals surface area contributed by atoms with E-state index in [-0.39, 0.29) is 18.4 Å². The van der Waals surface area contributed by atoms with Gasteiger partial charge < -0.3 is 26.0 Å². The number of urea groups is 1. The number of hydrogen-bond acceptors (Lipinski definition) is 4. The number of aromatic amines is 1. The average Bonchev–Trinajstić information content (AvgIpc) is 3.40. The fourth-order valence-corrected chi connectivity index (χ4v) is 4.51. The van der Waals surface area contributed by atoms with Crippen molar-refractivity contribution in [2.24, 2.45) is 5.92 Å². The molecule has 0 radical (unpaired) electrons. The first kappa shape index (κ1) is 22.1. The number of imidazole rings is 1. The van der Waals surface area contributed by atoms with Gasteiger partial charge in [0.2, 0.25) is 5.91 Å². The fraction of sp³-hybridized carbons (Fsp3) is 0.320. The first-order valence-electron chi connectivity index (χ1n) is 11.4. The van der Waals surface area contributed by atoms with Crippen molar-refractivity contribution in [3.05, 3.63) is 72.3 Å². The van der Waals surface area contributed by atoms with Gasteiger partial charge in [0.05, 0.1) is 12.0 Å². The molecule has 4 atom stereocenters. The van der Waals surface area contributed by atoms with Crippen molar-refractivity contribution in [3.8, 4) is 11.4 Å². The van der Waals surface area contributed by atoms with Crippen molar-refractivity contribution >= 4 is 17.6 Å². The monoisotopic (exact) mass is 463 g/mol. The van der Waals surface area contributed by atoms with Crippen molar-refractivity contribution in [1.29, 1.82) is 0 Å². The van der Waals surface area contributed by atoms with Crippen LogP contribution in [0.5, 0.6) is 0 Å². The molecule has 176 valence electrons. The van der Waals surface area contributed by atoms with Gasteiger partial charge >= 0.3 is 6.03 Å². The van der Waals surface area contributed by atoms with Crippen LogP contribution in [0, 0.1) is 11.7 Å². The van der Waals surface area contributed by atoms with Crippen LogP contribution in [-0.2, 0) is 4.79 Å². The molecule has 0 unspecified atom stereocenters. The topological polar surface area (TPSA) is 119 Å². The van der Waals surface area contributed by atoms with Crippen LogP contribution in [0.15, 0.2) is 60.8 Å². The third-order valence-electron chi connectivity index (χ3n) is 6.40. The smallest absolute Gasteiger partial charge is 0.319 e. The number of anilines is 1. The van der Waals surface area contributed by atoms with Gasteiger partial charge in [-0.2, -0.15) is 0 Å². The Morgan fingerprint density at radius 2 is 1.76 bits per heavy atom. The molecule has 2 fully saturated rings. The molecule has 0 aliphatic heterocycles. The van der Waals surface area contributed by atoms with Crippen LogP contribution < -0.4 is 16.0 Å². The number of rotatable bonds is 6. The SMILES string of the molecule is O=C(Nc1ccc(F)cc1)N[C@@H]1C[C@H](C(=O)NC2CC2)[C@@H](O)[C@H]1c1cnc(-c2ccccc2)[nH]1. The van der Waals surface area contributed by atoms with Crippen molar-refractivity contribution in [2.75, 3.05) is 5.32 Å². The second-order valence-corrected chi connectivity index (χ2v) is 8.91. The highest BCUT2D eigenvalue weighted by Gasteiger charge is 2.48. The summed E-state index contributed by atoms with van der Waals surface area (Å²) >= 11 is 0. The van der Waals surface area contributed by atoms with E-state index in [1.165, 1.54) is 24.3 Å². The number of carbonyl (C=O) groups excluding carboxylic acids is 2. The Bertz CT molecular complexity index is 1160. The molecule has 1 heterocycles. The summed E-state index contributed by atoms with van der Waals surface area (Å²) in [7, 11) is 0. The van der Waals surface area contributed by atoms with Crippen LogP contribution in [-0.4, -0.2) is 45.2 Å². The van der Waals surface area contributed by atoms with Gasteiger partial charge in [-0.25, -0.2) is 14.2 Å². The molecule has 34 heavy (non-hydrogen) atoms. The number of carbonyl (C=O) groups is 2. The molecule has 8 nitrogen and oxygen atoms in total. The number of aliphatic hydroxyl groups is 1. The molecule has 9 heteroatoms. The zero-order valence-corrected chi connectivity index (χ0v) is 18.4. The second-order valence-electron chi connectivity index (χ2n) is 8.91. The summed E-state index contributed by atoms with van der Waals surface area (Å²) in [5.74, 6) is -1.18. The zero-order chi connectivity index (χ0) is 23.7. The average molecular weight is 464 g/mol. The van der Waals surface area contributed by atoms with Crippen LogP contribution in [0.2, 0.25) is 0 Å². The van der Waals surface area contributed by atoms with Crippen LogP contribution in [0.25, 0.3) is 11.4 Å². The van der Waals surface area contributed by atoms with Gasteiger partial charge in [-0.1, -0.05) is 30.3 Å². The standard InChI is InChI=1S/C25H26FN5O3/c26-15-6-8-17(9-7-15)29-25(34)31-19-12-18(24(33)28-16-10-11-16)22(32)21(19)20-13-27-23(30-20)14-4-2-1-3-5-14/h1-9,13,16,18-19,21-22,32H,10-12H2,(H,27,30)(H,28,33)(H2,29,31,34)/t18-,19+,21+,22+/m0/s1. The first-order chi connectivity index (χ1) is 16.5. The Labute approximate surface area is 196 Å². The summed E-state index contributed by atoms with van der Waals surface area (Å²) in [5, 5.41) is 19.7. The maximum Gasteiger partial charge on any atom is 0.319 e. The summed E-state index contributed by atoms with van der Waals surface area (Å²) in [6.07, 6.45) is 2.81. The van der Waals surface area contributed by atoms with Crippen molar-refractivity contribution < 1.29 is 19.1 Å². The number of hydrogen-bond donors (Lipinski definition) is 5.